The second kappa shape index (κ2) is 36.6. The number of azide groups is 1. The Morgan fingerprint density at radius 3 is 1.63 bits per heavy atom. The summed E-state index contributed by atoms with van der Waals surface area (Å²) in [5.41, 5.74) is 14.1. The molecule has 3 aliphatic heterocycles. The molecule has 3 aliphatic rings. The zero-order chi connectivity index (χ0) is 67.8. The van der Waals surface area contributed by atoms with Gasteiger partial charge in [0.1, 0.15) is 54.8 Å². The molecule has 2 fully saturated rings. The van der Waals surface area contributed by atoms with Gasteiger partial charge in [0.2, 0.25) is 5.91 Å². The Balaban J connectivity index is 1.35. The van der Waals surface area contributed by atoms with E-state index >= 15 is 4.57 Å². The highest BCUT2D eigenvalue weighted by atomic mass is 31.2. The maximum absolute atomic E-state index is 15.2. The molecule has 94 heavy (non-hydrogen) atoms. The normalized spacial score (nSPS) is 23.8. The predicted octanol–water partition coefficient (Wildman–Crippen LogP) is 12.1. The Bertz CT molecular complexity index is 3110. The number of phosphoric ester groups is 1. The first kappa shape index (κ1) is 75.0. The lowest BCUT2D eigenvalue weighted by Crippen LogP contribution is -2.67. The van der Waals surface area contributed by atoms with Crippen molar-refractivity contribution in [2.75, 3.05) is 13.2 Å². The Labute approximate surface area is 552 Å². The van der Waals surface area contributed by atoms with Crippen molar-refractivity contribution in [2.24, 2.45) is 5.11 Å². The Morgan fingerprint density at radius 2 is 1.10 bits per heavy atom. The van der Waals surface area contributed by atoms with Gasteiger partial charge < -0.3 is 57.1 Å². The molecule has 0 saturated carbocycles. The number of nitrogens with one attached hydrogen (secondary N) is 1. The first-order chi connectivity index (χ1) is 45.1. The van der Waals surface area contributed by atoms with Gasteiger partial charge in [-0.2, -0.15) is 0 Å². The first-order valence-corrected chi connectivity index (χ1v) is 36.7. The van der Waals surface area contributed by atoms with Crippen molar-refractivity contribution in [3.63, 3.8) is 0 Å². The third-order valence-corrected chi connectivity index (χ3v) is 22.7. The van der Waals surface area contributed by atoms with Crippen molar-refractivity contribution in [3.8, 4) is 0 Å². The highest BCUT2D eigenvalue weighted by Gasteiger charge is 2.56. The molecule has 0 bridgehead atoms. The number of fused-ring (bicyclic) bond motifs is 1. The highest BCUT2D eigenvalue weighted by molar-refractivity contribution is 7.48. The minimum absolute atomic E-state index is 0.0234. The van der Waals surface area contributed by atoms with Crippen LogP contribution in [0.15, 0.2) is 120 Å². The van der Waals surface area contributed by atoms with Crippen LogP contribution in [-0.2, 0) is 127 Å². The fourth-order valence-corrected chi connectivity index (χ4v) is 12.8. The van der Waals surface area contributed by atoms with Crippen LogP contribution >= 0.6 is 7.82 Å². The van der Waals surface area contributed by atoms with Gasteiger partial charge in [0, 0.05) is 17.8 Å². The van der Waals surface area contributed by atoms with Crippen LogP contribution < -0.4 is 5.32 Å². The molecule has 2 saturated heterocycles. The average Bonchev–Trinajstić information content (AvgIpc) is 0.864. The number of phosphoric acid groups is 1. The number of nitrogens with zero attached hydrogens (tertiary/aromatic N) is 3. The van der Waals surface area contributed by atoms with E-state index in [9.17, 15) is 29.5 Å². The summed E-state index contributed by atoms with van der Waals surface area (Å²) < 4.78 is 105. The Hall–Kier alpha value is -6.41. The van der Waals surface area contributed by atoms with E-state index in [1.54, 1.807) is 52.0 Å². The molecular formula is C68H93N4O20PSi. The van der Waals surface area contributed by atoms with E-state index in [0.717, 1.165) is 11.1 Å². The smallest absolute Gasteiger partial charge is 0.462 e. The summed E-state index contributed by atoms with van der Waals surface area (Å²) in [6.07, 6.45) is -14.6. The number of carbonyl (C=O) groups excluding carboxylic acids is 5. The van der Waals surface area contributed by atoms with Crippen LogP contribution in [0.4, 0.5) is 0 Å². The second-order valence-electron chi connectivity index (χ2n) is 24.8. The summed E-state index contributed by atoms with van der Waals surface area (Å²) in [5.74, 6) is -3.48. The van der Waals surface area contributed by atoms with Crippen LogP contribution in [0.25, 0.3) is 10.4 Å². The van der Waals surface area contributed by atoms with E-state index in [2.05, 4.69) is 15.3 Å². The lowest BCUT2D eigenvalue weighted by Gasteiger charge is -2.49. The predicted molar refractivity (Wildman–Crippen MR) is 346 cm³/mol. The van der Waals surface area contributed by atoms with Crippen molar-refractivity contribution in [1.29, 1.82) is 0 Å². The van der Waals surface area contributed by atoms with Crippen LogP contribution in [0.2, 0.25) is 18.1 Å². The van der Waals surface area contributed by atoms with E-state index in [0.29, 0.717) is 23.1 Å². The van der Waals surface area contributed by atoms with Crippen molar-refractivity contribution < 1.29 is 93.9 Å². The third-order valence-electron chi connectivity index (χ3n) is 16.8. The minimum atomic E-state index is -4.71. The number of rotatable bonds is 34. The van der Waals surface area contributed by atoms with Gasteiger partial charge in [0.05, 0.1) is 71.6 Å². The number of benzene rings is 4. The van der Waals surface area contributed by atoms with E-state index in [1.165, 1.54) is 0 Å². The molecule has 0 aliphatic carbocycles. The quantitative estimate of drug-likeness (QED) is 0.00864. The molecule has 0 radical (unpaired) electrons. The number of hydrogen-bond acceptors (Lipinski definition) is 21. The summed E-state index contributed by atoms with van der Waals surface area (Å²) in [5, 5.41) is 6.73. The standard InChI is InChI=1S/C68H93N4O20PSi/c1-11-50(80-39-46-29-21-17-22-30-46)36-58(76)90-65-61(71-72-69)67(92-94(9,10)68(6,7)8)88-54(62(65)81-40-47-31-23-18-24-32-47)44-82-66-60(70-55(73)35-51(12-2)85-56(74)14-4)64(89-59(77)37-52(13-3)86-57(75)15-5)63(53(87-66)43-79-38-45-27-19-16-20-28-45)91-93(78)83-41-48-33-25-26-34-49(48)42-84-93/h16-34,50-54,60-67H,11-15,35-44H2,1-10H3,(H,70,73)/t50-,51-,52-,53?,54?,60?,61?,62-,63-,64-,65-,66-,67?/m1/s1. The maximum Gasteiger partial charge on any atom is 0.475 e. The van der Waals surface area contributed by atoms with Gasteiger partial charge in [-0.25, -0.2) is 4.57 Å². The monoisotopic (exact) mass is 1340 g/mol. The number of amides is 1. The molecule has 26 heteroatoms. The maximum atomic E-state index is 15.2. The van der Waals surface area contributed by atoms with Crippen molar-refractivity contribution in [3.05, 3.63) is 154 Å². The molecule has 7 rings (SSSR count). The van der Waals surface area contributed by atoms with Gasteiger partial charge >= 0.3 is 31.7 Å². The van der Waals surface area contributed by atoms with Crippen LogP contribution in [0.5, 0.6) is 0 Å². The highest BCUT2D eigenvalue weighted by Crippen LogP contribution is 2.55. The molecule has 5 unspecified atom stereocenters. The van der Waals surface area contributed by atoms with Crippen molar-refractivity contribution >= 4 is 45.9 Å². The molecule has 1 amide bonds. The third kappa shape index (κ3) is 22.3. The van der Waals surface area contributed by atoms with E-state index in [-0.39, 0.29) is 71.7 Å². The average molecular weight is 1350 g/mol. The summed E-state index contributed by atoms with van der Waals surface area (Å²) >= 11 is 0. The van der Waals surface area contributed by atoms with Gasteiger partial charge in [0.25, 0.3) is 0 Å². The van der Waals surface area contributed by atoms with Crippen molar-refractivity contribution in [1.82, 2.24) is 5.32 Å². The lowest BCUT2D eigenvalue weighted by atomic mass is 9.95. The number of carbonyl (C=O) groups is 5. The molecular weight excluding hydrogens is 1250 g/mol. The fourth-order valence-electron chi connectivity index (χ4n) is 10.3. The van der Waals surface area contributed by atoms with Crippen molar-refractivity contribution in [2.45, 2.75) is 238 Å². The SMILES string of the molecule is CCC(=O)O[C@H](CC)CC(=O)NC1[C@H](OCC2OC(O[Si](C)(C)C(C)(C)C)C(N=[N+]=[N-])[C@@H](OC(=O)C[C@@H](CC)OCc3ccccc3)[C@@H]2OCc2ccccc2)OC(COCc2ccccc2)[C@@H](OP2(=O)OCc3ccccc3CO2)[C@@H]1OC(=O)C[C@@H](CC)OC(=O)CC. The summed E-state index contributed by atoms with van der Waals surface area (Å²) in [6.45, 7) is 17.5. The largest absolute Gasteiger partial charge is 0.475 e. The number of ether oxygens (including phenoxy) is 10. The van der Waals surface area contributed by atoms with E-state index in [4.69, 9.17) is 65.4 Å². The van der Waals surface area contributed by atoms with Gasteiger partial charge in [-0.05, 0) is 70.7 Å². The summed E-state index contributed by atoms with van der Waals surface area (Å²) in [6, 6.07) is 32.1. The van der Waals surface area contributed by atoms with Crippen LogP contribution in [0.3, 0.4) is 0 Å². The minimum Gasteiger partial charge on any atom is -0.462 e. The van der Waals surface area contributed by atoms with Crippen LogP contribution in [0, 0.1) is 0 Å². The molecule has 13 atom stereocenters. The van der Waals surface area contributed by atoms with Crippen LogP contribution in [-0.4, -0.2) is 131 Å². The zero-order valence-corrected chi connectivity index (χ0v) is 57.4. The van der Waals surface area contributed by atoms with Gasteiger partial charge in [-0.1, -0.05) is 176 Å². The molecule has 0 spiro atoms. The fraction of sp³-hybridized carbons (Fsp3) is 0.574. The summed E-state index contributed by atoms with van der Waals surface area (Å²) in [7, 11) is -7.61. The Kier molecular flexibility index (Phi) is 29.2. The van der Waals surface area contributed by atoms with E-state index in [1.807, 2.05) is 132 Å². The number of esters is 4. The topological polar surface area (TPSA) is 292 Å². The summed E-state index contributed by atoms with van der Waals surface area (Å²) in [4.78, 5) is 72.8. The Morgan fingerprint density at radius 1 is 0.606 bits per heavy atom. The molecule has 1 N–H and O–H groups in total. The number of hydrogen-bond donors (Lipinski definition) is 1. The second-order valence-corrected chi connectivity index (χ2v) is 31.2. The van der Waals surface area contributed by atoms with Crippen LogP contribution in [0.1, 0.15) is 135 Å². The molecule has 4 aromatic rings. The lowest BCUT2D eigenvalue weighted by molar-refractivity contribution is -0.301. The van der Waals surface area contributed by atoms with Gasteiger partial charge in [-0.3, -0.25) is 37.5 Å². The molecule has 514 valence electrons. The first-order valence-electron chi connectivity index (χ1n) is 32.4. The molecule has 3 heterocycles. The van der Waals surface area contributed by atoms with Gasteiger partial charge in [-0.15, -0.1) is 0 Å². The zero-order valence-electron chi connectivity index (χ0n) is 55.5. The molecule has 24 nitrogen and oxygen atoms in total. The molecule has 0 aromatic heterocycles. The van der Waals surface area contributed by atoms with Gasteiger partial charge in [0.15, 0.2) is 27.0 Å². The van der Waals surface area contributed by atoms with E-state index < -0.39 is 150 Å². The molecule has 4 aromatic carbocycles.